The molecule has 0 aliphatic carbocycles. The van der Waals surface area contributed by atoms with E-state index in [2.05, 4.69) is 23.8 Å². The second-order valence-corrected chi connectivity index (χ2v) is 8.69. The van der Waals surface area contributed by atoms with Crippen molar-refractivity contribution in [3.05, 3.63) is 42.2 Å². The lowest BCUT2D eigenvalue weighted by molar-refractivity contribution is 0.146. The van der Waals surface area contributed by atoms with E-state index in [0.717, 1.165) is 31.2 Å². The molecule has 0 aliphatic heterocycles. The Labute approximate surface area is 193 Å². The fraction of sp³-hybridized carbons (Fsp3) is 0.630. The molecule has 1 aromatic heterocycles. The van der Waals surface area contributed by atoms with Gasteiger partial charge in [0.25, 0.3) is 0 Å². The average molecular weight is 447 g/mol. The first kappa shape index (κ1) is 26.2. The van der Waals surface area contributed by atoms with E-state index in [1.54, 1.807) is 12.1 Å². The van der Waals surface area contributed by atoms with Crippen molar-refractivity contribution in [1.82, 2.24) is 9.97 Å². The Hall–Kier alpha value is -2.04. The van der Waals surface area contributed by atoms with Crippen molar-refractivity contribution in [2.45, 2.75) is 103 Å². The topological polar surface area (TPSA) is 35.0 Å². The summed E-state index contributed by atoms with van der Waals surface area (Å²) in [4.78, 5) is 8.98. The Morgan fingerprint density at radius 2 is 1.41 bits per heavy atom. The molecule has 0 fully saturated rings. The molecule has 0 saturated carbocycles. The first-order valence-corrected chi connectivity index (χ1v) is 12.4. The van der Waals surface area contributed by atoms with Gasteiger partial charge in [-0.1, -0.05) is 65.2 Å². The largest absolute Gasteiger partial charge is 0.491 e. The third-order valence-electron chi connectivity index (χ3n) is 5.70. The number of halogens is 2. The number of rotatable bonds is 17. The second kappa shape index (κ2) is 15.7. The number of aryl methyl sites for hydroxylation is 1. The van der Waals surface area contributed by atoms with Crippen LogP contribution in [0.5, 0.6) is 5.75 Å². The van der Waals surface area contributed by atoms with Crippen molar-refractivity contribution in [3.63, 3.8) is 0 Å². The molecule has 0 spiro atoms. The van der Waals surface area contributed by atoms with E-state index in [1.165, 1.54) is 44.1 Å². The van der Waals surface area contributed by atoms with E-state index in [9.17, 15) is 8.78 Å². The molecule has 0 amide bonds. The van der Waals surface area contributed by atoms with Gasteiger partial charge in [-0.15, -0.1) is 0 Å². The zero-order chi connectivity index (χ0) is 23.0. The Morgan fingerprint density at radius 1 is 0.781 bits per heavy atom. The monoisotopic (exact) mass is 446 g/mol. The highest BCUT2D eigenvalue weighted by Gasteiger charge is 2.16. The standard InChI is InChI=1S/C27H40F2N2O/c1-3-5-7-8-9-11-12-22-19-30-27(31-20-22)23-14-16-26(17-15-23)32-21-25(29)18-24(28)13-10-6-4-2/h14-17,19-20,24-25H,3-13,18,21H2,1-2H3. The lowest BCUT2D eigenvalue weighted by atomic mass is 10.1. The molecule has 0 aliphatic rings. The molecule has 0 radical (unpaired) electrons. The van der Waals surface area contributed by atoms with Gasteiger partial charge in [-0.3, -0.25) is 0 Å². The van der Waals surface area contributed by atoms with Gasteiger partial charge in [0.1, 0.15) is 24.7 Å². The molecule has 5 heteroatoms. The minimum Gasteiger partial charge on any atom is -0.491 e. The SMILES string of the molecule is CCCCCCCCc1cnc(-c2ccc(OCC(F)CC(F)CCCCC)cc2)nc1. The predicted molar refractivity (Wildman–Crippen MR) is 129 cm³/mol. The maximum absolute atomic E-state index is 14.0. The van der Waals surface area contributed by atoms with Crippen LogP contribution in [0.1, 0.15) is 90.0 Å². The lowest BCUT2D eigenvalue weighted by Gasteiger charge is -2.13. The van der Waals surface area contributed by atoms with Crippen molar-refractivity contribution in [2.75, 3.05) is 6.61 Å². The summed E-state index contributed by atoms with van der Waals surface area (Å²) in [5.41, 5.74) is 2.05. The first-order valence-electron chi connectivity index (χ1n) is 12.4. The molecule has 2 rings (SSSR count). The first-order chi connectivity index (χ1) is 15.6. The number of hydrogen-bond acceptors (Lipinski definition) is 3. The minimum absolute atomic E-state index is 0.0965. The van der Waals surface area contributed by atoms with Gasteiger partial charge in [0.15, 0.2) is 5.82 Å². The van der Waals surface area contributed by atoms with Gasteiger partial charge in [-0.25, -0.2) is 18.7 Å². The van der Waals surface area contributed by atoms with E-state index < -0.39 is 12.3 Å². The van der Waals surface area contributed by atoms with Gasteiger partial charge in [0.05, 0.1) is 0 Å². The fourth-order valence-corrected chi connectivity index (χ4v) is 3.71. The highest BCUT2D eigenvalue weighted by molar-refractivity contribution is 5.55. The van der Waals surface area contributed by atoms with Crippen LogP contribution in [0.3, 0.4) is 0 Å². The summed E-state index contributed by atoms with van der Waals surface area (Å²) in [5.74, 6) is 1.23. The van der Waals surface area contributed by atoms with Gasteiger partial charge in [0, 0.05) is 24.4 Å². The summed E-state index contributed by atoms with van der Waals surface area (Å²) >= 11 is 0. The Kier molecular flexibility index (Phi) is 12.9. The van der Waals surface area contributed by atoms with Gasteiger partial charge in [-0.2, -0.15) is 0 Å². The number of hydrogen-bond donors (Lipinski definition) is 0. The van der Waals surface area contributed by atoms with E-state index in [4.69, 9.17) is 4.74 Å². The maximum atomic E-state index is 14.0. The van der Waals surface area contributed by atoms with Crippen LogP contribution in [-0.4, -0.2) is 28.9 Å². The number of unbranched alkanes of at least 4 members (excludes halogenated alkanes) is 7. The molecule has 0 bridgehead atoms. The molecule has 1 heterocycles. The van der Waals surface area contributed by atoms with E-state index >= 15 is 0 Å². The normalized spacial score (nSPS) is 13.1. The summed E-state index contributed by atoms with van der Waals surface area (Å²) in [6, 6.07) is 7.30. The lowest BCUT2D eigenvalue weighted by Crippen LogP contribution is -2.18. The molecule has 1 aromatic carbocycles. The van der Waals surface area contributed by atoms with Gasteiger partial charge >= 0.3 is 0 Å². The van der Waals surface area contributed by atoms with Crippen LogP contribution in [0.25, 0.3) is 11.4 Å². The number of ether oxygens (including phenoxy) is 1. The smallest absolute Gasteiger partial charge is 0.159 e. The van der Waals surface area contributed by atoms with Crippen molar-refractivity contribution in [1.29, 1.82) is 0 Å². The second-order valence-electron chi connectivity index (χ2n) is 8.69. The molecule has 2 unspecified atom stereocenters. The number of nitrogens with zero attached hydrogens (tertiary/aromatic N) is 2. The third kappa shape index (κ3) is 10.5. The summed E-state index contributed by atoms with van der Waals surface area (Å²) in [5, 5.41) is 0. The maximum Gasteiger partial charge on any atom is 0.159 e. The zero-order valence-corrected chi connectivity index (χ0v) is 19.9. The molecule has 0 saturated heterocycles. The predicted octanol–water partition coefficient (Wildman–Crippen LogP) is 8.07. The minimum atomic E-state index is -1.30. The van der Waals surface area contributed by atoms with Crippen LogP contribution in [0, 0.1) is 0 Å². The van der Waals surface area contributed by atoms with Crippen molar-refractivity contribution < 1.29 is 13.5 Å². The quantitative estimate of drug-likeness (QED) is 0.230. The summed E-state index contributed by atoms with van der Waals surface area (Å²) < 4.78 is 33.3. The van der Waals surface area contributed by atoms with Crippen LogP contribution < -0.4 is 4.74 Å². The van der Waals surface area contributed by atoms with Gasteiger partial charge < -0.3 is 4.74 Å². The molecule has 2 atom stereocenters. The van der Waals surface area contributed by atoms with Crippen molar-refractivity contribution in [3.8, 4) is 17.1 Å². The Balaban J connectivity index is 1.72. The Morgan fingerprint density at radius 3 is 2.09 bits per heavy atom. The van der Waals surface area contributed by atoms with Crippen LogP contribution in [-0.2, 0) is 6.42 Å². The van der Waals surface area contributed by atoms with Crippen LogP contribution in [0.15, 0.2) is 36.7 Å². The average Bonchev–Trinajstić information content (AvgIpc) is 2.81. The molecule has 0 N–H and O–H groups in total. The van der Waals surface area contributed by atoms with Crippen molar-refractivity contribution in [2.24, 2.45) is 0 Å². The third-order valence-corrected chi connectivity index (χ3v) is 5.70. The molecule has 32 heavy (non-hydrogen) atoms. The number of aromatic nitrogens is 2. The van der Waals surface area contributed by atoms with Crippen LogP contribution >= 0.6 is 0 Å². The summed E-state index contributed by atoms with van der Waals surface area (Å²) in [6.07, 6.45) is 13.3. The van der Waals surface area contributed by atoms with Crippen LogP contribution in [0.4, 0.5) is 8.78 Å². The molecule has 3 nitrogen and oxygen atoms in total. The summed E-state index contributed by atoms with van der Waals surface area (Å²) in [6.45, 7) is 4.18. The number of benzene rings is 1. The molecule has 178 valence electrons. The van der Waals surface area contributed by atoms with Gasteiger partial charge in [0.2, 0.25) is 0 Å². The fourth-order valence-electron chi connectivity index (χ4n) is 3.71. The molecular formula is C27H40F2N2O. The highest BCUT2D eigenvalue weighted by Crippen LogP contribution is 2.21. The summed E-state index contributed by atoms with van der Waals surface area (Å²) in [7, 11) is 0. The van der Waals surface area contributed by atoms with Gasteiger partial charge in [-0.05, 0) is 49.1 Å². The molecular weight excluding hydrogens is 406 g/mol. The highest BCUT2D eigenvalue weighted by atomic mass is 19.1. The number of alkyl halides is 2. The van der Waals surface area contributed by atoms with Crippen LogP contribution in [0.2, 0.25) is 0 Å². The van der Waals surface area contributed by atoms with Crippen molar-refractivity contribution >= 4 is 0 Å². The van der Waals surface area contributed by atoms with E-state index in [1.807, 2.05) is 24.5 Å². The Bertz CT molecular complexity index is 721. The molecule has 2 aromatic rings. The zero-order valence-electron chi connectivity index (χ0n) is 19.9. The van der Waals surface area contributed by atoms with E-state index in [-0.39, 0.29) is 13.0 Å². The van der Waals surface area contributed by atoms with E-state index in [0.29, 0.717) is 18.0 Å².